The Kier molecular flexibility index (Phi) is 5.87. The highest BCUT2D eigenvalue weighted by molar-refractivity contribution is 6.31. The Morgan fingerprint density at radius 2 is 2.09 bits per heavy atom. The van der Waals surface area contributed by atoms with Gasteiger partial charge in [0.1, 0.15) is 0 Å². The second kappa shape index (κ2) is 7.47. The zero-order chi connectivity index (χ0) is 16.2. The van der Waals surface area contributed by atoms with Gasteiger partial charge in [-0.3, -0.25) is 4.79 Å². The predicted molar refractivity (Wildman–Crippen MR) is 89.9 cm³/mol. The molecule has 0 spiro atoms. The van der Waals surface area contributed by atoms with Crippen molar-refractivity contribution in [3.63, 3.8) is 0 Å². The molecule has 2 rings (SSSR count). The lowest BCUT2D eigenvalue weighted by Crippen LogP contribution is -2.44. The van der Waals surface area contributed by atoms with Gasteiger partial charge in [-0.1, -0.05) is 50.6 Å². The molecule has 1 heterocycles. The maximum Gasteiger partial charge on any atom is 0.223 e. The molecule has 0 aromatic heterocycles. The third-order valence-corrected chi connectivity index (χ3v) is 4.21. The number of carbonyl (C=O) groups is 1. The summed E-state index contributed by atoms with van der Waals surface area (Å²) in [5.74, 6) is 0.235. The van der Waals surface area contributed by atoms with E-state index in [2.05, 4.69) is 20.8 Å². The molecule has 0 aliphatic carbocycles. The first-order valence-electron chi connectivity index (χ1n) is 7.98. The van der Waals surface area contributed by atoms with Gasteiger partial charge in [0.15, 0.2) is 0 Å². The van der Waals surface area contributed by atoms with E-state index in [1.54, 1.807) is 0 Å². The van der Waals surface area contributed by atoms with Crippen molar-refractivity contribution in [3.8, 4) is 0 Å². The Hall–Kier alpha value is -1.06. The van der Waals surface area contributed by atoms with E-state index >= 15 is 0 Å². The number of nitrogens with zero attached hydrogens (tertiary/aromatic N) is 1. The van der Waals surface area contributed by atoms with Crippen LogP contribution in [0, 0.1) is 5.41 Å². The fourth-order valence-electron chi connectivity index (χ4n) is 2.69. The molecule has 1 aromatic carbocycles. The van der Waals surface area contributed by atoms with Gasteiger partial charge in [-0.2, -0.15) is 0 Å². The highest BCUT2D eigenvalue weighted by Gasteiger charge is 2.27. The lowest BCUT2D eigenvalue weighted by Gasteiger charge is -2.34. The van der Waals surface area contributed by atoms with Crippen molar-refractivity contribution in [1.29, 1.82) is 0 Å². The largest absolute Gasteiger partial charge is 0.372 e. The highest BCUT2D eigenvalue weighted by Crippen LogP contribution is 2.23. The predicted octanol–water partition coefficient (Wildman–Crippen LogP) is 4.28. The van der Waals surface area contributed by atoms with Gasteiger partial charge in [-0.05, 0) is 29.9 Å². The number of carbonyl (C=O) groups excluding carboxylic acids is 1. The topological polar surface area (TPSA) is 29.5 Å². The second-order valence-corrected chi connectivity index (χ2v) is 7.65. The summed E-state index contributed by atoms with van der Waals surface area (Å²) in [6.45, 7) is 8.34. The van der Waals surface area contributed by atoms with Crippen molar-refractivity contribution in [2.75, 3.05) is 13.1 Å². The van der Waals surface area contributed by atoms with E-state index in [1.807, 2.05) is 29.2 Å². The van der Waals surface area contributed by atoms with E-state index in [9.17, 15) is 4.79 Å². The van der Waals surface area contributed by atoms with E-state index < -0.39 is 0 Å². The zero-order valence-corrected chi connectivity index (χ0v) is 14.5. The van der Waals surface area contributed by atoms with Gasteiger partial charge in [0.2, 0.25) is 5.91 Å². The van der Waals surface area contributed by atoms with Crippen LogP contribution in [-0.2, 0) is 16.1 Å². The Labute approximate surface area is 138 Å². The minimum absolute atomic E-state index is 0.0302. The van der Waals surface area contributed by atoms with Crippen LogP contribution in [0.15, 0.2) is 24.3 Å². The minimum atomic E-state index is 0.0302. The van der Waals surface area contributed by atoms with E-state index in [1.165, 1.54) is 0 Å². The lowest BCUT2D eigenvalue weighted by atomic mass is 9.91. The second-order valence-electron chi connectivity index (χ2n) is 7.24. The molecule has 4 heteroatoms. The van der Waals surface area contributed by atoms with Gasteiger partial charge in [0.25, 0.3) is 0 Å². The van der Waals surface area contributed by atoms with Crippen LogP contribution in [0.4, 0.5) is 0 Å². The number of rotatable bonds is 4. The summed E-state index contributed by atoms with van der Waals surface area (Å²) in [5.41, 5.74) is 1.03. The van der Waals surface area contributed by atoms with Crippen molar-refractivity contribution >= 4 is 17.5 Å². The number of benzene rings is 1. The Bertz CT molecular complexity index is 510. The molecule has 1 atom stereocenters. The standard InChI is InChI=1S/C18H26ClNO2/c1-18(2,3)11-17(21)20-10-6-8-15(12-20)22-13-14-7-4-5-9-16(14)19/h4-5,7,9,15H,6,8,10-13H2,1-3H3. The van der Waals surface area contributed by atoms with Gasteiger partial charge >= 0.3 is 0 Å². The van der Waals surface area contributed by atoms with Crippen molar-refractivity contribution in [2.24, 2.45) is 5.41 Å². The van der Waals surface area contributed by atoms with E-state index in [4.69, 9.17) is 16.3 Å². The minimum Gasteiger partial charge on any atom is -0.372 e. The van der Waals surface area contributed by atoms with Gasteiger partial charge in [0, 0.05) is 24.5 Å². The molecule has 3 nitrogen and oxygen atoms in total. The number of hydrogen-bond acceptors (Lipinski definition) is 2. The average molecular weight is 324 g/mol. The summed E-state index contributed by atoms with van der Waals surface area (Å²) < 4.78 is 5.98. The molecule has 1 aliphatic rings. The van der Waals surface area contributed by atoms with Crippen LogP contribution in [0.2, 0.25) is 5.02 Å². The molecule has 0 bridgehead atoms. The summed E-state index contributed by atoms with van der Waals surface area (Å²) in [5, 5.41) is 0.735. The fourth-order valence-corrected chi connectivity index (χ4v) is 2.88. The summed E-state index contributed by atoms with van der Waals surface area (Å²) in [7, 11) is 0. The summed E-state index contributed by atoms with van der Waals surface area (Å²) in [6.07, 6.45) is 2.70. The van der Waals surface area contributed by atoms with Crippen molar-refractivity contribution in [3.05, 3.63) is 34.9 Å². The normalized spacial score (nSPS) is 19.3. The summed E-state index contributed by atoms with van der Waals surface area (Å²) in [6, 6.07) is 7.73. The maximum atomic E-state index is 12.3. The molecule has 1 aliphatic heterocycles. The molecule has 1 fully saturated rings. The molecule has 1 unspecified atom stereocenters. The number of piperidine rings is 1. The Morgan fingerprint density at radius 1 is 1.36 bits per heavy atom. The number of ether oxygens (including phenoxy) is 1. The zero-order valence-electron chi connectivity index (χ0n) is 13.8. The van der Waals surface area contributed by atoms with Crippen LogP contribution in [0.25, 0.3) is 0 Å². The van der Waals surface area contributed by atoms with Crippen LogP contribution in [-0.4, -0.2) is 30.0 Å². The first kappa shape index (κ1) is 17.3. The molecule has 0 saturated carbocycles. The van der Waals surface area contributed by atoms with E-state index in [-0.39, 0.29) is 17.4 Å². The number of amides is 1. The van der Waals surface area contributed by atoms with Crippen molar-refractivity contribution in [2.45, 2.75) is 52.7 Å². The molecule has 0 N–H and O–H groups in total. The third-order valence-electron chi connectivity index (χ3n) is 3.84. The molecule has 1 amide bonds. The lowest BCUT2D eigenvalue weighted by molar-refractivity contribution is -0.137. The number of likely N-dealkylation sites (tertiary alicyclic amines) is 1. The van der Waals surface area contributed by atoms with Gasteiger partial charge < -0.3 is 9.64 Å². The number of hydrogen-bond donors (Lipinski definition) is 0. The van der Waals surface area contributed by atoms with Gasteiger partial charge in [0.05, 0.1) is 12.7 Å². The smallest absolute Gasteiger partial charge is 0.223 e. The fraction of sp³-hybridized carbons (Fsp3) is 0.611. The maximum absolute atomic E-state index is 12.3. The summed E-state index contributed by atoms with van der Waals surface area (Å²) in [4.78, 5) is 14.3. The average Bonchev–Trinajstić information content (AvgIpc) is 2.45. The Morgan fingerprint density at radius 3 is 2.77 bits per heavy atom. The van der Waals surface area contributed by atoms with Gasteiger partial charge in [-0.25, -0.2) is 0 Å². The molecule has 1 aromatic rings. The van der Waals surface area contributed by atoms with Crippen molar-refractivity contribution in [1.82, 2.24) is 4.90 Å². The first-order valence-corrected chi connectivity index (χ1v) is 8.36. The quantitative estimate of drug-likeness (QED) is 0.827. The van der Waals surface area contributed by atoms with Gasteiger partial charge in [-0.15, -0.1) is 0 Å². The monoisotopic (exact) mass is 323 g/mol. The van der Waals surface area contributed by atoms with E-state index in [0.29, 0.717) is 19.6 Å². The molecule has 22 heavy (non-hydrogen) atoms. The Balaban J connectivity index is 1.86. The first-order chi connectivity index (χ1) is 10.3. The number of halogens is 1. The van der Waals surface area contributed by atoms with Crippen LogP contribution in [0.1, 0.15) is 45.6 Å². The van der Waals surface area contributed by atoms with Crippen LogP contribution >= 0.6 is 11.6 Å². The summed E-state index contributed by atoms with van der Waals surface area (Å²) >= 11 is 6.15. The van der Waals surface area contributed by atoms with Crippen LogP contribution < -0.4 is 0 Å². The van der Waals surface area contributed by atoms with Crippen LogP contribution in [0.5, 0.6) is 0 Å². The van der Waals surface area contributed by atoms with Crippen LogP contribution in [0.3, 0.4) is 0 Å². The third kappa shape index (κ3) is 5.29. The SMILES string of the molecule is CC(C)(C)CC(=O)N1CCCC(OCc2ccccc2Cl)C1. The highest BCUT2D eigenvalue weighted by atomic mass is 35.5. The molecule has 122 valence electrons. The molecule has 0 radical (unpaired) electrons. The van der Waals surface area contributed by atoms with Crippen molar-refractivity contribution < 1.29 is 9.53 Å². The van der Waals surface area contributed by atoms with E-state index in [0.717, 1.165) is 30.0 Å². The molecular weight excluding hydrogens is 298 g/mol. The molecule has 1 saturated heterocycles. The molecular formula is C18H26ClNO2.